The highest BCUT2D eigenvalue weighted by Crippen LogP contribution is 2.33. The summed E-state index contributed by atoms with van der Waals surface area (Å²) in [6.07, 6.45) is 17.2. The van der Waals surface area contributed by atoms with Gasteiger partial charge in [0.15, 0.2) is 0 Å². The van der Waals surface area contributed by atoms with Crippen LogP contribution >= 0.6 is 0 Å². The summed E-state index contributed by atoms with van der Waals surface area (Å²) in [5.74, 6) is -0.920. The lowest BCUT2D eigenvalue weighted by molar-refractivity contribution is -0.139. The van der Waals surface area contributed by atoms with Crippen molar-refractivity contribution in [1.82, 2.24) is 9.97 Å². The molecule has 2 rings (SSSR count). The lowest BCUT2D eigenvalue weighted by atomic mass is 9.84. The Balaban J connectivity index is 2.06. The van der Waals surface area contributed by atoms with Gasteiger partial charge < -0.3 is 5.11 Å². The van der Waals surface area contributed by atoms with Gasteiger partial charge in [-0.2, -0.15) is 0 Å². The fourth-order valence-electron chi connectivity index (χ4n) is 4.03. The van der Waals surface area contributed by atoms with E-state index in [1.807, 2.05) is 36.7 Å². The predicted octanol–water partition coefficient (Wildman–Crippen LogP) is 7.08. The number of carboxylic acid groups (broad SMARTS) is 1. The molecule has 1 N–H and O–H groups in total. The summed E-state index contributed by atoms with van der Waals surface area (Å²) in [5, 5.41) is 9.94. The van der Waals surface area contributed by atoms with Gasteiger partial charge in [-0.1, -0.05) is 75.4 Å². The molecule has 168 valence electrons. The predicted molar refractivity (Wildman–Crippen MR) is 127 cm³/mol. The van der Waals surface area contributed by atoms with Gasteiger partial charge in [-0.05, 0) is 55.6 Å². The SMILES string of the molecule is C=CCCCCCC(CC(C(=O)O)c1ncc(CCCCCC)cn1)c1ccccc1. The van der Waals surface area contributed by atoms with Gasteiger partial charge in [-0.15, -0.1) is 6.58 Å². The summed E-state index contributed by atoms with van der Waals surface area (Å²) in [6, 6.07) is 10.3. The number of carbonyl (C=O) groups is 1. The Labute approximate surface area is 187 Å². The maximum absolute atomic E-state index is 12.1. The Morgan fingerprint density at radius 2 is 1.74 bits per heavy atom. The van der Waals surface area contributed by atoms with Crippen LogP contribution in [-0.4, -0.2) is 21.0 Å². The van der Waals surface area contributed by atoms with Gasteiger partial charge in [0.2, 0.25) is 0 Å². The van der Waals surface area contributed by atoms with E-state index in [1.165, 1.54) is 24.8 Å². The second-order valence-corrected chi connectivity index (χ2v) is 8.42. The minimum absolute atomic E-state index is 0.184. The van der Waals surface area contributed by atoms with Gasteiger partial charge in [-0.3, -0.25) is 4.79 Å². The zero-order valence-electron chi connectivity index (χ0n) is 19.0. The molecule has 2 unspecified atom stereocenters. The summed E-state index contributed by atoms with van der Waals surface area (Å²) in [5.41, 5.74) is 2.29. The third-order valence-corrected chi connectivity index (χ3v) is 5.91. The van der Waals surface area contributed by atoms with Crippen molar-refractivity contribution in [3.8, 4) is 0 Å². The minimum atomic E-state index is -0.844. The van der Waals surface area contributed by atoms with Crippen LogP contribution in [0.1, 0.15) is 99.9 Å². The van der Waals surface area contributed by atoms with E-state index in [-0.39, 0.29) is 5.92 Å². The normalized spacial score (nSPS) is 12.9. The van der Waals surface area contributed by atoms with E-state index in [2.05, 4.69) is 35.6 Å². The minimum Gasteiger partial charge on any atom is -0.481 e. The van der Waals surface area contributed by atoms with Crippen LogP contribution in [0.25, 0.3) is 0 Å². The summed E-state index contributed by atoms with van der Waals surface area (Å²) in [7, 11) is 0. The van der Waals surface area contributed by atoms with Crippen molar-refractivity contribution < 1.29 is 9.90 Å². The number of hydrogen-bond acceptors (Lipinski definition) is 3. The number of carboxylic acids is 1. The first kappa shape index (κ1) is 24.8. The largest absolute Gasteiger partial charge is 0.481 e. The number of aliphatic carboxylic acids is 1. The number of benzene rings is 1. The first-order valence-corrected chi connectivity index (χ1v) is 11.8. The maximum Gasteiger partial charge on any atom is 0.314 e. The summed E-state index contributed by atoms with van der Waals surface area (Å²) in [4.78, 5) is 21.0. The van der Waals surface area contributed by atoms with Crippen LogP contribution in [0.2, 0.25) is 0 Å². The molecule has 1 heterocycles. The molecule has 4 nitrogen and oxygen atoms in total. The monoisotopic (exact) mass is 422 g/mol. The van der Waals surface area contributed by atoms with E-state index in [4.69, 9.17) is 0 Å². The van der Waals surface area contributed by atoms with Crippen molar-refractivity contribution in [2.45, 2.75) is 89.4 Å². The average molecular weight is 423 g/mol. The molecule has 4 heteroatoms. The molecule has 0 aliphatic rings. The Hall–Kier alpha value is -2.49. The second kappa shape index (κ2) is 14.5. The molecule has 31 heavy (non-hydrogen) atoms. The molecule has 1 aromatic carbocycles. The highest BCUT2D eigenvalue weighted by atomic mass is 16.4. The number of nitrogens with zero attached hydrogens (tertiary/aromatic N) is 2. The van der Waals surface area contributed by atoms with E-state index in [0.717, 1.165) is 50.5 Å². The van der Waals surface area contributed by atoms with Crippen LogP contribution in [0.4, 0.5) is 0 Å². The van der Waals surface area contributed by atoms with E-state index in [1.54, 1.807) is 0 Å². The molecule has 0 bridgehead atoms. The van der Waals surface area contributed by atoms with Gasteiger partial charge in [0.1, 0.15) is 11.7 Å². The molecule has 0 spiro atoms. The number of unbranched alkanes of at least 4 members (excludes halogenated alkanes) is 6. The molecule has 1 aromatic heterocycles. The fraction of sp³-hybridized carbons (Fsp3) is 0.519. The summed E-state index contributed by atoms with van der Waals surface area (Å²) < 4.78 is 0. The third kappa shape index (κ3) is 9.04. The lowest BCUT2D eigenvalue weighted by Crippen LogP contribution is -2.18. The van der Waals surface area contributed by atoms with Crippen molar-refractivity contribution in [2.75, 3.05) is 0 Å². The van der Waals surface area contributed by atoms with Gasteiger partial charge in [0, 0.05) is 12.4 Å². The van der Waals surface area contributed by atoms with E-state index >= 15 is 0 Å². The smallest absolute Gasteiger partial charge is 0.314 e. The molecule has 0 fully saturated rings. The van der Waals surface area contributed by atoms with Gasteiger partial charge in [-0.25, -0.2) is 9.97 Å². The van der Waals surface area contributed by atoms with E-state index in [9.17, 15) is 9.90 Å². The number of allylic oxidation sites excluding steroid dienone is 1. The number of hydrogen-bond donors (Lipinski definition) is 1. The Morgan fingerprint density at radius 1 is 1.03 bits per heavy atom. The second-order valence-electron chi connectivity index (χ2n) is 8.42. The standard InChI is InChI=1S/C27H38N2O2/c1-3-5-7-9-12-18-24(23-16-13-10-14-17-23)19-25(27(30)31)26-28-20-22(21-29-26)15-11-8-6-4-2/h3,10,13-14,16-17,20-21,24-25H,1,4-9,11-12,15,18-19H2,2H3,(H,30,31). The molecule has 0 saturated carbocycles. The fourth-order valence-corrected chi connectivity index (χ4v) is 4.03. The first-order chi connectivity index (χ1) is 15.2. The van der Waals surface area contributed by atoms with Crippen LogP contribution < -0.4 is 0 Å². The van der Waals surface area contributed by atoms with Gasteiger partial charge >= 0.3 is 5.97 Å². The highest BCUT2D eigenvalue weighted by molar-refractivity contribution is 5.74. The molecule has 0 saturated heterocycles. The summed E-state index contributed by atoms with van der Waals surface area (Å²) >= 11 is 0. The molecule has 0 amide bonds. The number of aromatic nitrogens is 2. The zero-order chi connectivity index (χ0) is 22.3. The third-order valence-electron chi connectivity index (χ3n) is 5.91. The molecular formula is C27H38N2O2. The van der Waals surface area contributed by atoms with Crippen molar-refractivity contribution >= 4 is 5.97 Å². The van der Waals surface area contributed by atoms with E-state index in [0.29, 0.717) is 12.2 Å². The number of aryl methyl sites for hydroxylation is 1. The van der Waals surface area contributed by atoms with Crippen molar-refractivity contribution in [3.05, 3.63) is 72.3 Å². The Morgan fingerprint density at radius 3 is 2.39 bits per heavy atom. The van der Waals surface area contributed by atoms with Crippen LogP contribution in [0.5, 0.6) is 0 Å². The molecule has 2 atom stereocenters. The van der Waals surface area contributed by atoms with Crippen molar-refractivity contribution in [1.29, 1.82) is 0 Å². The maximum atomic E-state index is 12.1. The first-order valence-electron chi connectivity index (χ1n) is 11.8. The highest BCUT2D eigenvalue weighted by Gasteiger charge is 2.27. The van der Waals surface area contributed by atoms with Crippen LogP contribution in [0, 0.1) is 0 Å². The molecule has 0 radical (unpaired) electrons. The summed E-state index contributed by atoms with van der Waals surface area (Å²) in [6.45, 7) is 5.99. The number of rotatable bonds is 16. The average Bonchev–Trinajstić information content (AvgIpc) is 2.79. The molecule has 2 aromatic rings. The van der Waals surface area contributed by atoms with Crippen molar-refractivity contribution in [3.63, 3.8) is 0 Å². The lowest BCUT2D eigenvalue weighted by Gasteiger charge is -2.21. The van der Waals surface area contributed by atoms with Gasteiger partial charge in [0.25, 0.3) is 0 Å². The topological polar surface area (TPSA) is 63.1 Å². The Kier molecular flexibility index (Phi) is 11.6. The van der Waals surface area contributed by atoms with Crippen LogP contribution in [0.15, 0.2) is 55.4 Å². The quantitative estimate of drug-likeness (QED) is 0.232. The van der Waals surface area contributed by atoms with Crippen LogP contribution in [0.3, 0.4) is 0 Å². The molecule has 0 aliphatic carbocycles. The molecular weight excluding hydrogens is 384 g/mol. The Bertz CT molecular complexity index is 759. The van der Waals surface area contributed by atoms with E-state index < -0.39 is 11.9 Å². The van der Waals surface area contributed by atoms with Gasteiger partial charge in [0.05, 0.1) is 0 Å². The van der Waals surface area contributed by atoms with Crippen LogP contribution in [-0.2, 0) is 11.2 Å². The zero-order valence-corrected chi connectivity index (χ0v) is 19.0. The van der Waals surface area contributed by atoms with Crippen molar-refractivity contribution in [2.24, 2.45) is 0 Å². The molecule has 0 aliphatic heterocycles.